The second kappa shape index (κ2) is 6.14. The third-order valence-electron chi connectivity index (χ3n) is 3.27. The molecule has 0 spiro atoms. The number of anilines is 1. The van der Waals surface area contributed by atoms with Crippen molar-refractivity contribution in [2.45, 2.75) is 6.54 Å². The van der Waals surface area contributed by atoms with Gasteiger partial charge >= 0.3 is 0 Å². The lowest BCUT2D eigenvalue weighted by Crippen LogP contribution is -2.15. The van der Waals surface area contributed by atoms with E-state index in [0.29, 0.717) is 30.5 Å². The van der Waals surface area contributed by atoms with E-state index in [0.717, 1.165) is 22.7 Å². The lowest BCUT2D eigenvalue weighted by molar-refractivity contribution is 0.171. The molecule has 5 heteroatoms. The van der Waals surface area contributed by atoms with Crippen LogP contribution in [0.5, 0.6) is 17.2 Å². The second-order valence-corrected chi connectivity index (χ2v) is 5.08. The molecule has 0 amide bonds. The molecule has 0 aromatic heterocycles. The topological polar surface area (TPSA) is 39.7 Å². The third kappa shape index (κ3) is 3.16. The van der Waals surface area contributed by atoms with Crippen LogP contribution in [-0.2, 0) is 6.54 Å². The van der Waals surface area contributed by atoms with Gasteiger partial charge in [-0.2, -0.15) is 0 Å². The summed E-state index contributed by atoms with van der Waals surface area (Å²) in [5.41, 5.74) is 1.97. The summed E-state index contributed by atoms with van der Waals surface area (Å²) >= 11 is 6.26. The maximum Gasteiger partial charge on any atom is 0.163 e. The first kappa shape index (κ1) is 13.9. The van der Waals surface area contributed by atoms with E-state index in [1.807, 2.05) is 30.3 Å². The van der Waals surface area contributed by atoms with Crippen molar-refractivity contribution < 1.29 is 14.2 Å². The number of hydrogen-bond donors (Lipinski definition) is 1. The first-order chi connectivity index (χ1) is 10.3. The first-order valence-electron chi connectivity index (χ1n) is 6.72. The third-order valence-corrected chi connectivity index (χ3v) is 3.59. The minimum absolute atomic E-state index is 0.557. The fraction of sp³-hybridized carbons (Fsp3) is 0.250. The number of nitrogens with one attached hydrogen (secondary N) is 1. The highest BCUT2D eigenvalue weighted by atomic mass is 35.5. The predicted octanol–water partition coefficient (Wildman–Crippen LogP) is 3.73. The molecule has 0 radical (unpaired) electrons. The number of methoxy groups -OCH3 is 1. The van der Waals surface area contributed by atoms with Crippen molar-refractivity contribution in [3.8, 4) is 17.2 Å². The molecule has 21 heavy (non-hydrogen) atoms. The highest BCUT2D eigenvalue weighted by Gasteiger charge is 2.14. The van der Waals surface area contributed by atoms with Crippen molar-refractivity contribution in [2.75, 3.05) is 25.6 Å². The van der Waals surface area contributed by atoms with Gasteiger partial charge in [0, 0.05) is 18.7 Å². The van der Waals surface area contributed by atoms with Gasteiger partial charge in [0.05, 0.1) is 17.8 Å². The van der Waals surface area contributed by atoms with Gasteiger partial charge in [-0.05, 0) is 17.7 Å². The first-order valence-corrected chi connectivity index (χ1v) is 7.10. The average molecular weight is 306 g/mol. The van der Waals surface area contributed by atoms with Gasteiger partial charge < -0.3 is 19.5 Å². The van der Waals surface area contributed by atoms with E-state index in [9.17, 15) is 0 Å². The molecule has 4 nitrogen and oxygen atoms in total. The summed E-state index contributed by atoms with van der Waals surface area (Å²) in [6.45, 7) is 1.79. The molecule has 2 aromatic rings. The van der Waals surface area contributed by atoms with E-state index in [-0.39, 0.29) is 0 Å². The quantitative estimate of drug-likeness (QED) is 0.934. The van der Waals surface area contributed by atoms with Gasteiger partial charge in [-0.1, -0.05) is 23.7 Å². The molecule has 1 aliphatic rings. The Balaban J connectivity index is 1.72. The molecule has 0 saturated carbocycles. The number of ether oxygens (including phenoxy) is 3. The van der Waals surface area contributed by atoms with Crippen LogP contribution in [0.25, 0.3) is 0 Å². The highest BCUT2D eigenvalue weighted by molar-refractivity contribution is 6.33. The van der Waals surface area contributed by atoms with Crippen molar-refractivity contribution in [3.05, 3.63) is 47.0 Å². The van der Waals surface area contributed by atoms with Crippen LogP contribution in [-0.4, -0.2) is 20.3 Å². The number of rotatable bonds is 4. The van der Waals surface area contributed by atoms with E-state index in [2.05, 4.69) is 5.32 Å². The molecule has 0 fully saturated rings. The average Bonchev–Trinajstić information content (AvgIpc) is 2.53. The molecular formula is C16H16ClNO3. The SMILES string of the molecule is COc1ccc(CNc2cc3c(cc2Cl)OCCO3)cc1. The maximum absolute atomic E-state index is 6.26. The van der Waals surface area contributed by atoms with E-state index in [1.165, 1.54) is 0 Å². The van der Waals surface area contributed by atoms with Crippen LogP contribution >= 0.6 is 11.6 Å². The van der Waals surface area contributed by atoms with E-state index in [1.54, 1.807) is 13.2 Å². The summed E-state index contributed by atoms with van der Waals surface area (Å²) in [5.74, 6) is 2.26. The number of fused-ring (bicyclic) bond motifs is 1. The van der Waals surface area contributed by atoms with E-state index in [4.69, 9.17) is 25.8 Å². The van der Waals surface area contributed by atoms with Gasteiger partial charge in [0.15, 0.2) is 11.5 Å². The summed E-state index contributed by atoms with van der Waals surface area (Å²) < 4.78 is 16.2. The van der Waals surface area contributed by atoms with Gasteiger partial charge in [-0.25, -0.2) is 0 Å². The minimum atomic E-state index is 0.557. The molecule has 0 saturated heterocycles. The highest BCUT2D eigenvalue weighted by Crippen LogP contribution is 2.38. The Labute approximate surface area is 128 Å². The largest absolute Gasteiger partial charge is 0.497 e. The lowest BCUT2D eigenvalue weighted by Gasteiger charge is -2.20. The molecule has 2 aromatic carbocycles. The van der Waals surface area contributed by atoms with Gasteiger partial charge in [0.2, 0.25) is 0 Å². The molecule has 3 rings (SSSR count). The van der Waals surface area contributed by atoms with Gasteiger partial charge in [0.1, 0.15) is 19.0 Å². The van der Waals surface area contributed by atoms with Crippen molar-refractivity contribution in [2.24, 2.45) is 0 Å². The normalized spacial score (nSPS) is 12.9. The minimum Gasteiger partial charge on any atom is -0.497 e. The summed E-state index contributed by atoms with van der Waals surface area (Å²) in [4.78, 5) is 0. The standard InChI is InChI=1S/C16H16ClNO3/c1-19-12-4-2-11(3-5-12)10-18-14-9-16-15(8-13(14)17)20-6-7-21-16/h2-5,8-9,18H,6-7,10H2,1H3. The van der Waals surface area contributed by atoms with Crippen LogP contribution in [0.4, 0.5) is 5.69 Å². The Morgan fingerprint density at radius 2 is 1.76 bits per heavy atom. The molecule has 1 heterocycles. The van der Waals surface area contributed by atoms with Crippen molar-refractivity contribution in [1.29, 1.82) is 0 Å². The summed E-state index contributed by atoms with van der Waals surface area (Å²) in [6.07, 6.45) is 0. The van der Waals surface area contributed by atoms with Crippen molar-refractivity contribution in [1.82, 2.24) is 0 Å². The molecule has 1 aliphatic heterocycles. The predicted molar refractivity (Wildman–Crippen MR) is 82.8 cm³/mol. The van der Waals surface area contributed by atoms with Crippen LogP contribution in [0.1, 0.15) is 5.56 Å². The molecule has 110 valence electrons. The molecule has 0 atom stereocenters. The number of benzene rings is 2. The molecular weight excluding hydrogens is 290 g/mol. The summed E-state index contributed by atoms with van der Waals surface area (Å²) in [6, 6.07) is 11.5. The Morgan fingerprint density at radius 3 is 2.43 bits per heavy atom. The van der Waals surface area contributed by atoms with Gasteiger partial charge in [-0.3, -0.25) is 0 Å². The van der Waals surface area contributed by atoms with E-state index >= 15 is 0 Å². The Hall–Kier alpha value is -2.07. The van der Waals surface area contributed by atoms with Crippen molar-refractivity contribution in [3.63, 3.8) is 0 Å². The zero-order valence-corrected chi connectivity index (χ0v) is 12.4. The summed E-state index contributed by atoms with van der Waals surface area (Å²) in [5, 5.41) is 3.93. The molecule has 0 bridgehead atoms. The van der Waals surface area contributed by atoms with Crippen LogP contribution in [0.3, 0.4) is 0 Å². The molecule has 1 N–H and O–H groups in total. The Kier molecular flexibility index (Phi) is 4.06. The lowest BCUT2D eigenvalue weighted by atomic mass is 10.2. The van der Waals surface area contributed by atoms with Gasteiger partial charge in [0.25, 0.3) is 0 Å². The molecule has 0 aliphatic carbocycles. The monoisotopic (exact) mass is 305 g/mol. The fourth-order valence-electron chi connectivity index (χ4n) is 2.14. The number of hydrogen-bond acceptors (Lipinski definition) is 4. The fourth-order valence-corrected chi connectivity index (χ4v) is 2.36. The smallest absolute Gasteiger partial charge is 0.163 e. The van der Waals surface area contributed by atoms with Gasteiger partial charge in [-0.15, -0.1) is 0 Å². The Morgan fingerprint density at radius 1 is 1.10 bits per heavy atom. The Bertz CT molecular complexity index is 628. The van der Waals surface area contributed by atoms with Crippen LogP contribution in [0.2, 0.25) is 5.02 Å². The maximum atomic E-state index is 6.26. The zero-order valence-electron chi connectivity index (χ0n) is 11.7. The van der Waals surface area contributed by atoms with Crippen molar-refractivity contribution >= 4 is 17.3 Å². The number of halogens is 1. The van der Waals surface area contributed by atoms with E-state index < -0.39 is 0 Å². The van der Waals surface area contributed by atoms with Crippen LogP contribution in [0.15, 0.2) is 36.4 Å². The summed E-state index contributed by atoms with van der Waals surface area (Å²) in [7, 11) is 1.65. The molecule has 0 unspecified atom stereocenters. The van der Waals surface area contributed by atoms with Crippen LogP contribution in [0, 0.1) is 0 Å². The zero-order chi connectivity index (χ0) is 14.7. The second-order valence-electron chi connectivity index (χ2n) is 4.68. The van der Waals surface area contributed by atoms with Crippen LogP contribution < -0.4 is 19.5 Å².